The molecule has 0 radical (unpaired) electrons. The van der Waals surface area contributed by atoms with E-state index in [0.717, 1.165) is 11.1 Å². The minimum Gasteiger partial charge on any atom is -0.322 e. The van der Waals surface area contributed by atoms with Crippen molar-refractivity contribution < 1.29 is 0 Å². The zero-order valence-electron chi connectivity index (χ0n) is 7.41. The summed E-state index contributed by atoms with van der Waals surface area (Å²) in [7, 11) is 1.84. The molecule has 3 nitrogen and oxygen atoms in total. The molecule has 0 unspecified atom stereocenters. The molecule has 0 spiro atoms. The van der Waals surface area contributed by atoms with Crippen LogP contribution in [0.3, 0.4) is 0 Å². The van der Waals surface area contributed by atoms with Crippen LogP contribution in [-0.4, -0.2) is 12.0 Å². The second-order valence-corrected chi connectivity index (χ2v) is 2.81. The van der Waals surface area contributed by atoms with Crippen LogP contribution >= 0.6 is 0 Å². The maximum Gasteiger partial charge on any atom is 0.0493 e. The van der Waals surface area contributed by atoms with Crippen molar-refractivity contribution in [1.82, 2.24) is 10.4 Å². The van der Waals surface area contributed by atoms with Gasteiger partial charge in [-0.1, -0.05) is 6.07 Å². The Morgan fingerprint density at radius 3 is 2.92 bits per heavy atom. The van der Waals surface area contributed by atoms with Crippen molar-refractivity contribution in [1.29, 1.82) is 0 Å². The van der Waals surface area contributed by atoms with E-state index in [1.54, 1.807) is 6.20 Å². The summed E-state index contributed by atoms with van der Waals surface area (Å²) in [6.45, 7) is 0. The lowest BCUT2D eigenvalue weighted by molar-refractivity contribution is 0.985. The van der Waals surface area contributed by atoms with E-state index in [9.17, 15) is 0 Å². The van der Waals surface area contributed by atoms with Crippen LogP contribution in [0.4, 0.5) is 5.69 Å². The molecule has 13 heavy (non-hydrogen) atoms. The lowest BCUT2D eigenvalue weighted by atomic mass is 10.1. The van der Waals surface area contributed by atoms with Crippen molar-refractivity contribution in [2.45, 2.75) is 0 Å². The first-order valence-corrected chi connectivity index (χ1v) is 4.17. The molecule has 2 rings (SSSR count). The van der Waals surface area contributed by atoms with Crippen LogP contribution in [0, 0.1) is 0 Å². The molecule has 66 valence electrons. The number of rotatable bonds is 2. The second kappa shape index (κ2) is 3.41. The van der Waals surface area contributed by atoms with E-state index in [4.69, 9.17) is 0 Å². The van der Waals surface area contributed by atoms with E-state index in [2.05, 4.69) is 21.9 Å². The van der Waals surface area contributed by atoms with Gasteiger partial charge in [-0.25, -0.2) is 5.43 Å². The van der Waals surface area contributed by atoms with Crippen LogP contribution < -0.4 is 10.9 Å². The van der Waals surface area contributed by atoms with Crippen molar-refractivity contribution in [3.63, 3.8) is 0 Å². The summed E-state index contributed by atoms with van der Waals surface area (Å²) in [4.78, 5) is 4.05. The normalized spacial score (nSPS) is 10.2. The first-order valence-electron chi connectivity index (χ1n) is 4.17. The van der Waals surface area contributed by atoms with E-state index in [1.807, 2.05) is 31.4 Å². The molecule has 0 amide bonds. The van der Waals surface area contributed by atoms with Crippen molar-refractivity contribution in [2.24, 2.45) is 0 Å². The van der Waals surface area contributed by atoms with Gasteiger partial charge in [0.05, 0.1) is 0 Å². The number of nitrogens with one attached hydrogen (secondary N) is 2. The molecule has 0 saturated carbocycles. The number of anilines is 1. The summed E-state index contributed by atoms with van der Waals surface area (Å²) >= 11 is 0. The summed E-state index contributed by atoms with van der Waals surface area (Å²) in [5.74, 6) is 0. The van der Waals surface area contributed by atoms with E-state index in [-0.39, 0.29) is 0 Å². The maximum atomic E-state index is 4.05. The van der Waals surface area contributed by atoms with Gasteiger partial charge in [-0.15, -0.1) is 0 Å². The second-order valence-electron chi connectivity index (χ2n) is 2.81. The Morgan fingerprint density at radius 2 is 2.08 bits per heavy atom. The Morgan fingerprint density at radius 1 is 1.15 bits per heavy atom. The van der Waals surface area contributed by atoms with Gasteiger partial charge in [0.1, 0.15) is 0 Å². The molecule has 1 aromatic heterocycles. The Balaban J connectivity index is 2.49. The first-order chi connectivity index (χ1) is 6.40. The number of fused-ring (bicyclic) bond motifs is 1. The highest BCUT2D eigenvalue weighted by Crippen LogP contribution is 2.16. The van der Waals surface area contributed by atoms with Crippen LogP contribution in [0.2, 0.25) is 0 Å². The molecular formula is C10H11N3. The first kappa shape index (κ1) is 8.01. The minimum atomic E-state index is 1.06. The molecule has 2 N–H and O–H groups in total. The van der Waals surface area contributed by atoms with Crippen LogP contribution in [-0.2, 0) is 0 Å². The topological polar surface area (TPSA) is 37.0 Å². The van der Waals surface area contributed by atoms with Gasteiger partial charge in [0, 0.05) is 30.5 Å². The van der Waals surface area contributed by atoms with Crippen LogP contribution in [0.25, 0.3) is 10.8 Å². The Hall–Kier alpha value is -1.61. The maximum absolute atomic E-state index is 4.05. The van der Waals surface area contributed by atoms with Crippen LogP contribution in [0.5, 0.6) is 0 Å². The SMILES string of the molecule is CNNc1ccc2cnccc2c1. The van der Waals surface area contributed by atoms with Crippen LogP contribution in [0.1, 0.15) is 0 Å². The third-order valence-corrected chi connectivity index (χ3v) is 1.91. The summed E-state index contributed by atoms with van der Waals surface area (Å²) < 4.78 is 0. The molecule has 0 aliphatic carbocycles. The van der Waals surface area contributed by atoms with Gasteiger partial charge >= 0.3 is 0 Å². The monoisotopic (exact) mass is 173 g/mol. The minimum absolute atomic E-state index is 1.06. The van der Waals surface area contributed by atoms with Gasteiger partial charge in [0.25, 0.3) is 0 Å². The molecule has 3 heteroatoms. The highest BCUT2D eigenvalue weighted by atomic mass is 15.3. The Bertz CT molecular complexity index is 412. The smallest absolute Gasteiger partial charge is 0.0493 e. The molecule has 0 saturated heterocycles. The summed E-state index contributed by atoms with van der Waals surface area (Å²) in [5, 5.41) is 2.35. The number of aromatic nitrogens is 1. The van der Waals surface area contributed by atoms with E-state index >= 15 is 0 Å². The number of benzene rings is 1. The lowest BCUT2D eigenvalue weighted by Gasteiger charge is -2.04. The quantitative estimate of drug-likeness (QED) is 0.680. The molecule has 0 atom stereocenters. The Labute approximate surface area is 76.8 Å². The number of nitrogens with zero attached hydrogens (tertiary/aromatic N) is 1. The summed E-state index contributed by atoms with van der Waals surface area (Å²) in [6, 6.07) is 8.13. The largest absolute Gasteiger partial charge is 0.322 e. The summed E-state index contributed by atoms with van der Waals surface area (Å²) in [6.07, 6.45) is 3.66. The van der Waals surface area contributed by atoms with Gasteiger partial charge < -0.3 is 5.43 Å². The van der Waals surface area contributed by atoms with Gasteiger partial charge in [-0.2, -0.15) is 0 Å². The number of hydrogen-bond acceptors (Lipinski definition) is 3. The van der Waals surface area contributed by atoms with Gasteiger partial charge in [0.2, 0.25) is 0 Å². The molecular weight excluding hydrogens is 162 g/mol. The predicted octanol–water partition coefficient (Wildman–Crippen LogP) is 1.78. The third kappa shape index (κ3) is 1.60. The predicted molar refractivity (Wildman–Crippen MR) is 54.4 cm³/mol. The molecule has 0 aliphatic heterocycles. The van der Waals surface area contributed by atoms with Gasteiger partial charge in [-0.3, -0.25) is 4.98 Å². The van der Waals surface area contributed by atoms with Crippen molar-refractivity contribution in [2.75, 3.05) is 12.5 Å². The molecule has 1 heterocycles. The molecule has 0 fully saturated rings. The van der Waals surface area contributed by atoms with Crippen LogP contribution in [0.15, 0.2) is 36.7 Å². The fraction of sp³-hybridized carbons (Fsp3) is 0.100. The van der Waals surface area contributed by atoms with E-state index in [0.29, 0.717) is 0 Å². The standard InChI is InChI=1S/C10H11N3/c1-11-13-10-3-2-9-7-12-5-4-8(9)6-10/h2-7,11,13H,1H3. The lowest BCUT2D eigenvalue weighted by Crippen LogP contribution is -2.14. The molecule has 0 bridgehead atoms. The fourth-order valence-corrected chi connectivity index (χ4v) is 1.31. The number of hydrazine groups is 1. The number of pyridine rings is 1. The summed E-state index contributed by atoms with van der Waals surface area (Å²) in [5.41, 5.74) is 6.97. The average Bonchev–Trinajstić information content (AvgIpc) is 2.18. The van der Waals surface area contributed by atoms with Crippen molar-refractivity contribution in [3.8, 4) is 0 Å². The van der Waals surface area contributed by atoms with Crippen molar-refractivity contribution >= 4 is 16.5 Å². The van der Waals surface area contributed by atoms with E-state index < -0.39 is 0 Å². The number of hydrogen-bond donors (Lipinski definition) is 2. The molecule has 2 aromatic rings. The van der Waals surface area contributed by atoms with Gasteiger partial charge in [-0.05, 0) is 23.6 Å². The van der Waals surface area contributed by atoms with E-state index in [1.165, 1.54) is 5.39 Å². The highest BCUT2D eigenvalue weighted by molar-refractivity contribution is 5.84. The molecule has 0 aliphatic rings. The average molecular weight is 173 g/mol. The van der Waals surface area contributed by atoms with Gasteiger partial charge in [0.15, 0.2) is 0 Å². The fourth-order valence-electron chi connectivity index (χ4n) is 1.31. The third-order valence-electron chi connectivity index (χ3n) is 1.91. The zero-order valence-corrected chi connectivity index (χ0v) is 7.41. The molecule has 1 aromatic carbocycles. The zero-order chi connectivity index (χ0) is 9.10. The Kier molecular flexibility index (Phi) is 2.10. The highest BCUT2D eigenvalue weighted by Gasteiger charge is 1.93. The van der Waals surface area contributed by atoms with Crippen molar-refractivity contribution in [3.05, 3.63) is 36.7 Å².